The standard InChI is InChI=1S/C27H22Cl2N2O5S/c1-16-3-8-20(9-4-16)30-25(32)15-36-22-10-5-17(11-23(22)35-2)12-24-26(33)31(27(34)37-24)14-18-6-7-19(28)13-21(18)29/h3-13H,14-15H2,1-2H3,(H,30,32)/b24-12+. The van der Waals surface area contributed by atoms with E-state index in [-0.39, 0.29) is 24.0 Å². The van der Waals surface area contributed by atoms with Gasteiger partial charge in [-0.2, -0.15) is 0 Å². The monoisotopic (exact) mass is 556 g/mol. The molecule has 0 unspecified atom stereocenters. The van der Waals surface area contributed by atoms with Crippen LogP contribution >= 0.6 is 35.0 Å². The molecular weight excluding hydrogens is 535 g/mol. The number of nitrogens with zero attached hydrogens (tertiary/aromatic N) is 1. The van der Waals surface area contributed by atoms with E-state index in [4.69, 9.17) is 32.7 Å². The van der Waals surface area contributed by atoms with Gasteiger partial charge in [0.25, 0.3) is 17.1 Å². The number of ether oxygens (including phenoxy) is 2. The maximum atomic E-state index is 12.9. The molecule has 0 bridgehead atoms. The number of rotatable bonds is 8. The summed E-state index contributed by atoms with van der Waals surface area (Å²) in [6.45, 7) is 1.79. The fraction of sp³-hybridized carbons (Fsp3) is 0.148. The van der Waals surface area contributed by atoms with E-state index in [2.05, 4.69) is 5.32 Å². The average molecular weight is 557 g/mol. The van der Waals surface area contributed by atoms with Crippen molar-refractivity contribution in [3.05, 3.63) is 92.3 Å². The Kier molecular flexibility index (Phi) is 8.43. The molecule has 10 heteroatoms. The van der Waals surface area contributed by atoms with Gasteiger partial charge in [0.2, 0.25) is 0 Å². The highest BCUT2D eigenvalue weighted by atomic mass is 35.5. The van der Waals surface area contributed by atoms with Crippen LogP contribution in [0.15, 0.2) is 65.6 Å². The summed E-state index contributed by atoms with van der Waals surface area (Å²) in [6, 6.07) is 17.3. The second kappa shape index (κ2) is 11.7. The van der Waals surface area contributed by atoms with Crippen molar-refractivity contribution in [1.82, 2.24) is 4.90 Å². The zero-order chi connectivity index (χ0) is 26.5. The van der Waals surface area contributed by atoms with E-state index in [9.17, 15) is 14.4 Å². The first-order chi connectivity index (χ1) is 17.7. The van der Waals surface area contributed by atoms with E-state index in [1.54, 1.807) is 42.5 Å². The minimum atomic E-state index is -0.423. The Morgan fingerprint density at radius 1 is 1.03 bits per heavy atom. The van der Waals surface area contributed by atoms with Gasteiger partial charge in [-0.1, -0.05) is 53.0 Å². The van der Waals surface area contributed by atoms with Gasteiger partial charge in [-0.15, -0.1) is 0 Å². The molecule has 3 aromatic carbocycles. The summed E-state index contributed by atoms with van der Waals surface area (Å²) in [5.74, 6) is 0.00536. The van der Waals surface area contributed by atoms with Crippen LogP contribution in [0.2, 0.25) is 10.0 Å². The number of carbonyl (C=O) groups is 3. The minimum Gasteiger partial charge on any atom is -0.493 e. The lowest BCUT2D eigenvalue weighted by Gasteiger charge is -2.13. The van der Waals surface area contributed by atoms with Crippen molar-refractivity contribution < 1.29 is 23.9 Å². The van der Waals surface area contributed by atoms with Gasteiger partial charge < -0.3 is 14.8 Å². The Hall–Kier alpha value is -3.46. The predicted octanol–water partition coefficient (Wildman–Crippen LogP) is 6.56. The number of hydrogen-bond donors (Lipinski definition) is 1. The maximum Gasteiger partial charge on any atom is 0.293 e. The van der Waals surface area contributed by atoms with E-state index in [0.717, 1.165) is 22.2 Å². The number of aryl methyl sites for hydroxylation is 1. The van der Waals surface area contributed by atoms with E-state index < -0.39 is 11.1 Å². The van der Waals surface area contributed by atoms with Crippen LogP contribution in [-0.4, -0.2) is 35.7 Å². The Bertz CT molecular complexity index is 1390. The maximum absolute atomic E-state index is 12.9. The molecule has 1 heterocycles. The van der Waals surface area contributed by atoms with Crippen LogP contribution in [0.4, 0.5) is 10.5 Å². The largest absolute Gasteiger partial charge is 0.493 e. The van der Waals surface area contributed by atoms with Crippen molar-refractivity contribution in [1.29, 1.82) is 0 Å². The molecule has 0 atom stereocenters. The van der Waals surface area contributed by atoms with Gasteiger partial charge in [0.1, 0.15) is 0 Å². The van der Waals surface area contributed by atoms with Gasteiger partial charge in [-0.25, -0.2) is 0 Å². The van der Waals surface area contributed by atoms with Crippen LogP contribution in [-0.2, 0) is 16.1 Å². The highest BCUT2D eigenvalue weighted by Gasteiger charge is 2.35. The van der Waals surface area contributed by atoms with Crippen molar-refractivity contribution in [3.63, 3.8) is 0 Å². The van der Waals surface area contributed by atoms with E-state index >= 15 is 0 Å². The molecular formula is C27H22Cl2N2O5S. The summed E-state index contributed by atoms with van der Waals surface area (Å²) in [7, 11) is 1.47. The molecule has 0 aliphatic carbocycles. The number of carbonyl (C=O) groups excluding carboxylic acids is 3. The Morgan fingerprint density at radius 2 is 1.78 bits per heavy atom. The van der Waals surface area contributed by atoms with Gasteiger partial charge in [-0.3, -0.25) is 19.3 Å². The van der Waals surface area contributed by atoms with Crippen molar-refractivity contribution in [2.75, 3.05) is 19.0 Å². The molecule has 3 aromatic rings. The highest BCUT2D eigenvalue weighted by molar-refractivity contribution is 8.18. The third kappa shape index (κ3) is 6.65. The van der Waals surface area contributed by atoms with Gasteiger partial charge in [0.15, 0.2) is 18.1 Å². The summed E-state index contributed by atoms with van der Waals surface area (Å²) in [5.41, 5.74) is 3.01. The average Bonchev–Trinajstić information content (AvgIpc) is 3.13. The number of anilines is 1. The molecule has 0 saturated carbocycles. The fourth-order valence-electron chi connectivity index (χ4n) is 3.48. The number of nitrogens with one attached hydrogen (secondary N) is 1. The van der Waals surface area contributed by atoms with Crippen LogP contribution in [0.5, 0.6) is 11.5 Å². The molecule has 0 radical (unpaired) electrons. The summed E-state index contributed by atoms with van der Waals surface area (Å²) in [6.07, 6.45) is 1.60. The summed E-state index contributed by atoms with van der Waals surface area (Å²) in [5, 5.41) is 3.22. The molecule has 1 aliphatic rings. The first-order valence-corrected chi connectivity index (χ1v) is 12.7. The highest BCUT2D eigenvalue weighted by Crippen LogP contribution is 2.36. The van der Waals surface area contributed by atoms with E-state index in [0.29, 0.717) is 38.4 Å². The molecule has 1 aliphatic heterocycles. The molecule has 190 valence electrons. The number of thioether (sulfide) groups is 1. The molecule has 1 saturated heterocycles. The van der Waals surface area contributed by atoms with Crippen LogP contribution < -0.4 is 14.8 Å². The second-order valence-corrected chi connectivity index (χ2v) is 9.95. The van der Waals surface area contributed by atoms with Gasteiger partial charge >= 0.3 is 0 Å². The quantitative estimate of drug-likeness (QED) is 0.316. The van der Waals surface area contributed by atoms with E-state index in [1.807, 2.05) is 31.2 Å². The molecule has 3 amide bonds. The van der Waals surface area contributed by atoms with Gasteiger partial charge in [0, 0.05) is 15.7 Å². The van der Waals surface area contributed by atoms with Crippen LogP contribution in [0.25, 0.3) is 6.08 Å². The Morgan fingerprint density at radius 3 is 2.49 bits per heavy atom. The molecule has 7 nitrogen and oxygen atoms in total. The van der Waals surface area contributed by atoms with Crippen molar-refractivity contribution in [2.45, 2.75) is 13.5 Å². The Balaban J connectivity index is 1.42. The van der Waals surface area contributed by atoms with Crippen LogP contribution in [0.3, 0.4) is 0 Å². The predicted molar refractivity (Wildman–Crippen MR) is 146 cm³/mol. The summed E-state index contributed by atoms with van der Waals surface area (Å²) in [4.78, 5) is 39.1. The lowest BCUT2D eigenvalue weighted by molar-refractivity contribution is -0.123. The van der Waals surface area contributed by atoms with Gasteiger partial charge in [-0.05, 0) is 72.3 Å². The van der Waals surface area contributed by atoms with E-state index in [1.165, 1.54) is 7.11 Å². The van der Waals surface area contributed by atoms with Crippen LogP contribution in [0, 0.1) is 6.92 Å². The number of benzene rings is 3. The zero-order valence-electron chi connectivity index (χ0n) is 19.9. The van der Waals surface area contributed by atoms with Crippen LogP contribution in [0.1, 0.15) is 16.7 Å². The zero-order valence-corrected chi connectivity index (χ0v) is 22.2. The molecule has 1 N–H and O–H groups in total. The number of imide groups is 1. The number of halogens is 2. The van der Waals surface area contributed by atoms with Gasteiger partial charge in [0.05, 0.1) is 18.6 Å². The summed E-state index contributed by atoms with van der Waals surface area (Å²) >= 11 is 13.0. The minimum absolute atomic E-state index is 0.0404. The molecule has 1 fully saturated rings. The lowest BCUT2D eigenvalue weighted by atomic mass is 10.1. The lowest BCUT2D eigenvalue weighted by Crippen LogP contribution is -2.27. The summed E-state index contributed by atoms with van der Waals surface area (Å²) < 4.78 is 11.0. The fourth-order valence-corrected chi connectivity index (χ4v) is 4.78. The third-order valence-corrected chi connectivity index (χ3v) is 6.89. The topological polar surface area (TPSA) is 84.9 Å². The number of amides is 3. The van der Waals surface area contributed by atoms with Crippen molar-refractivity contribution in [3.8, 4) is 11.5 Å². The molecule has 0 aromatic heterocycles. The first-order valence-electron chi connectivity index (χ1n) is 11.1. The molecule has 37 heavy (non-hydrogen) atoms. The smallest absolute Gasteiger partial charge is 0.293 e. The number of methoxy groups -OCH3 is 1. The Labute approximate surface area is 228 Å². The normalized spacial score (nSPS) is 14.3. The van der Waals surface area contributed by atoms with Crippen molar-refractivity contribution >= 4 is 63.8 Å². The van der Waals surface area contributed by atoms with Crippen molar-refractivity contribution in [2.24, 2.45) is 0 Å². The third-order valence-electron chi connectivity index (χ3n) is 5.40. The second-order valence-electron chi connectivity index (χ2n) is 8.12. The number of hydrogen-bond acceptors (Lipinski definition) is 6. The SMILES string of the molecule is COc1cc(/C=C2/SC(=O)N(Cc3ccc(Cl)cc3Cl)C2=O)ccc1OCC(=O)Nc1ccc(C)cc1. The molecule has 4 rings (SSSR count). The first kappa shape index (κ1) is 26.6. The molecule has 0 spiro atoms.